The van der Waals surface area contributed by atoms with Crippen molar-refractivity contribution in [1.82, 2.24) is 18.9 Å². The largest absolute Gasteiger partial charge is 0.477 e. The van der Waals surface area contributed by atoms with Crippen LogP contribution in [-0.2, 0) is 9.53 Å². The van der Waals surface area contributed by atoms with E-state index in [0.717, 1.165) is 18.0 Å². The van der Waals surface area contributed by atoms with E-state index in [1.165, 1.54) is 17.1 Å². The molecular weight excluding hydrogens is 422 g/mol. The van der Waals surface area contributed by atoms with Crippen molar-refractivity contribution in [2.45, 2.75) is 19.8 Å². The van der Waals surface area contributed by atoms with Gasteiger partial charge in [0, 0.05) is 50.5 Å². The number of fused-ring (bicyclic) bond motifs is 1. The lowest BCUT2D eigenvalue weighted by Crippen LogP contribution is -2.50. The second kappa shape index (κ2) is 8.90. The highest BCUT2D eigenvalue weighted by atomic mass is 32.1. The van der Waals surface area contributed by atoms with Gasteiger partial charge in [-0.1, -0.05) is 0 Å². The van der Waals surface area contributed by atoms with Crippen LogP contribution < -0.4 is 10.3 Å². The van der Waals surface area contributed by atoms with E-state index < -0.39 is 11.4 Å². The number of pyridine rings is 2. The Labute approximate surface area is 181 Å². The fraction of sp³-hybridized carbons (Fsp3) is 0.400. The first-order valence-corrected chi connectivity index (χ1v) is 10.7. The summed E-state index contributed by atoms with van der Waals surface area (Å²) in [5.74, 6) is -0.526. The zero-order valence-corrected chi connectivity index (χ0v) is 17.7. The molecule has 0 radical (unpaired) electrons. The molecule has 1 aliphatic rings. The smallest absolute Gasteiger partial charge is 0.341 e. The van der Waals surface area contributed by atoms with Gasteiger partial charge >= 0.3 is 5.97 Å². The van der Waals surface area contributed by atoms with Crippen LogP contribution in [0.3, 0.4) is 0 Å². The summed E-state index contributed by atoms with van der Waals surface area (Å²) in [6, 6.07) is 3.25. The van der Waals surface area contributed by atoms with E-state index in [2.05, 4.69) is 14.3 Å². The predicted octanol–water partition coefficient (Wildman–Crippen LogP) is 1.76. The molecule has 1 saturated heterocycles. The fourth-order valence-electron chi connectivity index (χ4n) is 3.51. The molecule has 0 aliphatic carbocycles. The van der Waals surface area contributed by atoms with Crippen LogP contribution in [-0.4, -0.2) is 62.1 Å². The zero-order valence-electron chi connectivity index (χ0n) is 16.9. The van der Waals surface area contributed by atoms with E-state index in [-0.39, 0.29) is 22.7 Å². The lowest BCUT2D eigenvalue weighted by Gasteiger charge is -2.39. The number of carboxylic acids is 1. The van der Waals surface area contributed by atoms with Crippen molar-refractivity contribution >= 4 is 40.1 Å². The summed E-state index contributed by atoms with van der Waals surface area (Å²) in [6.45, 7) is 4.28. The molecule has 0 atom stereocenters. The third kappa shape index (κ3) is 4.19. The molecule has 3 aromatic rings. The summed E-state index contributed by atoms with van der Waals surface area (Å²) in [4.78, 5) is 47.1. The van der Waals surface area contributed by atoms with Crippen molar-refractivity contribution in [3.63, 3.8) is 0 Å². The zero-order chi connectivity index (χ0) is 22.0. The van der Waals surface area contributed by atoms with E-state index in [0.29, 0.717) is 49.3 Å². The molecule has 10 nitrogen and oxygen atoms in total. The molecule has 1 N–H and O–H groups in total. The number of hydrogen-bond acceptors (Lipinski definition) is 9. The van der Waals surface area contributed by atoms with Crippen molar-refractivity contribution in [1.29, 1.82) is 0 Å². The van der Waals surface area contributed by atoms with Gasteiger partial charge in [-0.3, -0.25) is 14.2 Å². The molecule has 1 aliphatic heterocycles. The maximum atomic E-state index is 12.6. The van der Waals surface area contributed by atoms with Crippen molar-refractivity contribution in [3.8, 4) is 5.13 Å². The molecule has 162 valence electrons. The number of carbonyl (C=O) groups excluding carboxylic acids is 1. The number of ether oxygens (including phenoxy) is 1. The molecule has 0 saturated carbocycles. The molecule has 11 heteroatoms. The molecule has 0 unspecified atom stereocenters. The van der Waals surface area contributed by atoms with Crippen LogP contribution in [0, 0.1) is 5.92 Å². The SMILES string of the molecule is CCOCCCC(=O)C1CN(c2ccc3c(=O)c(C(=O)O)cn(-c4ncns4)c3n2)C1. The topological polar surface area (TPSA) is 128 Å². The summed E-state index contributed by atoms with van der Waals surface area (Å²) in [7, 11) is 0. The van der Waals surface area contributed by atoms with Gasteiger partial charge in [0.25, 0.3) is 0 Å². The Morgan fingerprint density at radius 3 is 2.81 bits per heavy atom. The summed E-state index contributed by atoms with van der Waals surface area (Å²) >= 11 is 1.06. The lowest BCUT2D eigenvalue weighted by atomic mass is 9.92. The monoisotopic (exact) mass is 443 g/mol. The Morgan fingerprint density at radius 2 is 2.13 bits per heavy atom. The number of anilines is 1. The lowest BCUT2D eigenvalue weighted by molar-refractivity contribution is -0.123. The Kier molecular flexibility index (Phi) is 6.05. The van der Waals surface area contributed by atoms with Gasteiger partial charge in [0.15, 0.2) is 5.65 Å². The van der Waals surface area contributed by atoms with Gasteiger partial charge in [0.1, 0.15) is 23.5 Å². The van der Waals surface area contributed by atoms with Gasteiger partial charge < -0.3 is 14.7 Å². The van der Waals surface area contributed by atoms with Gasteiger partial charge in [-0.15, -0.1) is 0 Å². The fourth-order valence-corrected chi connectivity index (χ4v) is 4.02. The normalized spacial score (nSPS) is 14.0. The third-order valence-electron chi connectivity index (χ3n) is 5.20. The van der Waals surface area contributed by atoms with Crippen LogP contribution in [0.15, 0.2) is 29.5 Å². The number of carbonyl (C=O) groups is 2. The highest BCUT2D eigenvalue weighted by molar-refractivity contribution is 7.08. The number of carboxylic acid groups (broad SMARTS) is 1. The second-order valence-electron chi connectivity index (χ2n) is 7.18. The van der Waals surface area contributed by atoms with Crippen molar-refractivity contribution in [2.75, 3.05) is 31.2 Å². The van der Waals surface area contributed by atoms with Gasteiger partial charge in [-0.2, -0.15) is 4.37 Å². The molecule has 4 rings (SSSR count). The van der Waals surface area contributed by atoms with Crippen LogP contribution in [0.1, 0.15) is 30.1 Å². The Bertz CT molecular complexity index is 1170. The predicted molar refractivity (Wildman–Crippen MR) is 114 cm³/mol. The molecule has 3 aromatic heterocycles. The minimum absolute atomic E-state index is 0.0427. The molecule has 1 fully saturated rings. The summed E-state index contributed by atoms with van der Waals surface area (Å²) in [5, 5.41) is 9.98. The van der Waals surface area contributed by atoms with Crippen LogP contribution in [0.25, 0.3) is 16.2 Å². The summed E-state index contributed by atoms with van der Waals surface area (Å²) in [6.07, 6.45) is 3.80. The number of nitrogens with zero attached hydrogens (tertiary/aromatic N) is 5. The van der Waals surface area contributed by atoms with Gasteiger partial charge in [-0.05, 0) is 25.5 Å². The maximum Gasteiger partial charge on any atom is 0.341 e. The number of rotatable bonds is 9. The third-order valence-corrected chi connectivity index (χ3v) is 5.86. The minimum Gasteiger partial charge on any atom is -0.477 e. The average Bonchev–Trinajstić information content (AvgIpc) is 3.25. The second-order valence-corrected chi connectivity index (χ2v) is 7.94. The molecular formula is C20H21N5O5S. The molecule has 0 aromatic carbocycles. The van der Waals surface area contributed by atoms with E-state index >= 15 is 0 Å². The van der Waals surface area contributed by atoms with Gasteiger partial charge in [0.2, 0.25) is 10.6 Å². The van der Waals surface area contributed by atoms with Crippen LogP contribution >= 0.6 is 11.5 Å². The number of aromatic nitrogens is 4. The summed E-state index contributed by atoms with van der Waals surface area (Å²) < 4.78 is 10.7. The first-order valence-electron chi connectivity index (χ1n) is 9.91. The molecule has 0 bridgehead atoms. The first-order chi connectivity index (χ1) is 15.0. The molecule has 4 heterocycles. The van der Waals surface area contributed by atoms with Gasteiger partial charge in [-0.25, -0.2) is 14.8 Å². The van der Waals surface area contributed by atoms with Crippen LogP contribution in [0.4, 0.5) is 5.82 Å². The molecule has 0 spiro atoms. The van der Waals surface area contributed by atoms with E-state index in [9.17, 15) is 19.5 Å². The van der Waals surface area contributed by atoms with Crippen molar-refractivity contribution < 1.29 is 19.4 Å². The van der Waals surface area contributed by atoms with E-state index in [1.807, 2.05) is 11.8 Å². The van der Waals surface area contributed by atoms with E-state index in [4.69, 9.17) is 4.74 Å². The first kappa shape index (κ1) is 21.1. The van der Waals surface area contributed by atoms with Crippen molar-refractivity contribution in [3.05, 3.63) is 40.4 Å². The Morgan fingerprint density at radius 1 is 1.32 bits per heavy atom. The molecule has 0 amide bonds. The Hall–Kier alpha value is -3.18. The van der Waals surface area contributed by atoms with Gasteiger partial charge in [0.05, 0.1) is 11.3 Å². The highest BCUT2D eigenvalue weighted by Gasteiger charge is 2.33. The Balaban J connectivity index is 1.58. The number of Topliss-reactive ketones (excluding diaryl/α,β-unsaturated/α-hetero) is 1. The number of ketones is 1. The molecule has 31 heavy (non-hydrogen) atoms. The minimum atomic E-state index is -1.32. The number of aromatic carboxylic acids is 1. The summed E-state index contributed by atoms with van der Waals surface area (Å²) in [5.41, 5.74) is -0.664. The van der Waals surface area contributed by atoms with E-state index in [1.54, 1.807) is 12.1 Å². The maximum absolute atomic E-state index is 12.6. The highest BCUT2D eigenvalue weighted by Crippen LogP contribution is 2.27. The van der Waals surface area contributed by atoms with Crippen LogP contribution in [0.2, 0.25) is 0 Å². The number of hydrogen-bond donors (Lipinski definition) is 1. The van der Waals surface area contributed by atoms with Crippen molar-refractivity contribution in [2.24, 2.45) is 5.92 Å². The standard InChI is InChI=1S/C20H21N5O5S/c1-2-30-7-3-4-15(26)12-8-24(9-12)16-6-5-13-17(27)14(19(28)29)10-25(18(13)23-16)20-21-11-22-31-20/h5-6,10-12H,2-4,7-9H2,1H3,(H,28,29). The average molecular weight is 443 g/mol. The quantitative estimate of drug-likeness (QED) is 0.492. The van der Waals surface area contributed by atoms with Crippen LogP contribution in [0.5, 0.6) is 0 Å².